The summed E-state index contributed by atoms with van der Waals surface area (Å²) in [7, 11) is 2.48. The molecule has 1 heterocycles. The van der Waals surface area contributed by atoms with E-state index in [4.69, 9.17) is 14.2 Å². The number of anilines is 1. The second-order valence-corrected chi connectivity index (χ2v) is 8.22. The maximum atomic E-state index is 12.7. The SMILES string of the molecule is CCn1c(COc2ccccc2C)nnc1SCC(=O)Nc1cc(C(=O)OC)ccc1C(=O)OC. The van der Waals surface area contributed by atoms with E-state index in [1.807, 2.05) is 42.7 Å². The number of amides is 1. The second-order valence-electron chi connectivity index (χ2n) is 7.28. The average Bonchev–Trinajstić information content (AvgIpc) is 3.27. The van der Waals surface area contributed by atoms with Crippen LogP contribution < -0.4 is 10.1 Å². The third kappa shape index (κ3) is 6.38. The van der Waals surface area contributed by atoms with Crippen LogP contribution in [0.1, 0.15) is 39.0 Å². The number of methoxy groups -OCH3 is 2. The molecule has 1 amide bonds. The van der Waals surface area contributed by atoms with Crippen LogP contribution in [0.5, 0.6) is 5.75 Å². The van der Waals surface area contributed by atoms with Crippen molar-refractivity contribution >= 4 is 35.3 Å². The van der Waals surface area contributed by atoms with Crippen LogP contribution in [0.3, 0.4) is 0 Å². The summed E-state index contributed by atoms with van der Waals surface area (Å²) < 4.78 is 17.2. The first-order valence-electron chi connectivity index (χ1n) is 10.7. The van der Waals surface area contributed by atoms with E-state index in [2.05, 4.69) is 15.5 Å². The van der Waals surface area contributed by atoms with Crippen molar-refractivity contribution in [1.29, 1.82) is 0 Å². The number of para-hydroxylation sites is 1. The summed E-state index contributed by atoms with van der Waals surface area (Å²) in [6.45, 7) is 4.75. The van der Waals surface area contributed by atoms with Crippen LogP contribution >= 0.6 is 11.8 Å². The molecule has 10 nitrogen and oxygen atoms in total. The van der Waals surface area contributed by atoms with Gasteiger partial charge in [0.1, 0.15) is 12.4 Å². The Morgan fingerprint density at radius 2 is 1.77 bits per heavy atom. The highest BCUT2D eigenvalue weighted by Crippen LogP contribution is 2.23. The molecule has 0 spiro atoms. The Morgan fingerprint density at radius 3 is 2.46 bits per heavy atom. The lowest BCUT2D eigenvalue weighted by Gasteiger charge is -2.12. The van der Waals surface area contributed by atoms with Gasteiger partial charge in [-0.15, -0.1) is 10.2 Å². The number of ether oxygens (including phenoxy) is 3. The molecule has 0 saturated carbocycles. The van der Waals surface area contributed by atoms with Gasteiger partial charge in [-0.1, -0.05) is 30.0 Å². The van der Waals surface area contributed by atoms with Gasteiger partial charge >= 0.3 is 11.9 Å². The van der Waals surface area contributed by atoms with Crippen LogP contribution in [-0.2, 0) is 27.4 Å². The molecule has 0 unspecified atom stereocenters. The highest BCUT2D eigenvalue weighted by Gasteiger charge is 2.19. The second kappa shape index (κ2) is 12.0. The molecule has 0 aliphatic rings. The Morgan fingerprint density at radius 1 is 1.03 bits per heavy atom. The summed E-state index contributed by atoms with van der Waals surface area (Å²) in [5.74, 6) is -0.235. The van der Waals surface area contributed by atoms with Crippen molar-refractivity contribution in [3.05, 3.63) is 65.0 Å². The van der Waals surface area contributed by atoms with E-state index in [0.29, 0.717) is 17.5 Å². The number of nitrogens with one attached hydrogen (secondary N) is 1. The molecule has 2 aromatic carbocycles. The molecular weight excluding hydrogens is 472 g/mol. The molecule has 0 atom stereocenters. The van der Waals surface area contributed by atoms with E-state index in [1.165, 1.54) is 44.2 Å². The number of carbonyl (C=O) groups is 3. The molecule has 35 heavy (non-hydrogen) atoms. The fraction of sp³-hybridized carbons (Fsp3) is 0.292. The molecule has 0 aliphatic heterocycles. The topological polar surface area (TPSA) is 122 Å². The lowest BCUT2D eigenvalue weighted by molar-refractivity contribution is -0.113. The summed E-state index contributed by atoms with van der Waals surface area (Å²) in [4.78, 5) is 36.6. The molecule has 1 N–H and O–H groups in total. The van der Waals surface area contributed by atoms with Crippen LogP contribution in [0.4, 0.5) is 5.69 Å². The van der Waals surface area contributed by atoms with Crippen LogP contribution in [0, 0.1) is 6.92 Å². The smallest absolute Gasteiger partial charge is 0.339 e. The van der Waals surface area contributed by atoms with Gasteiger partial charge in [0.25, 0.3) is 0 Å². The lowest BCUT2D eigenvalue weighted by Crippen LogP contribution is -2.18. The molecule has 0 fully saturated rings. The van der Waals surface area contributed by atoms with E-state index in [9.17, 15) is 14.4 Å². The maximum Gasteiger partial charge on any atom is 0.339 e. The van der Waals surface area contributed by atoms with Crippen LogP contribution in [-0.4, -0.2) is 52.6 Å². The van der Waals surface area contributed by atoms with E-state index in [-0.39, 0.29) is 29.2 Å². The standard InChI is InChI=1S/C24H26N4O6S/c1-5-28-20(13-34-19-9-7-6-8-15(19)2)26-27-24(28)35-14-21(29)25-18-12-16(22(30)32-3)10-11-17(18)23(31)33-4/h6-12H,5,13-14H2,1-4H3,(H,25,29). The molecule has 11 heteroatoms. The fourth-order valence-electron chi connectivity index (χ4n) is 3.21. The third-order valence-corrected chi connectivity index (χ3v) is 5.98. The molecule has 0 radical (unpaired) electrons. The van der Waals surface area contributed by atoms with Crippen LogP contribution in [0.2, 0.25) is 0 Å². The van der Waals surface area contributed by atoms with E-state index >= 15 is 0 Å². The number of thioether (sulfide) groups is 1. The van der Waals surface area contributed by atoms with Gasteiger partial charge in [0.05, 0.1) is 36.8 Å². The van der Waals surface area contributed by atoms with Crippen LogP contribution in [0.15, 0.2) is 47.6 Å². The van der Waals surface area contributed by atoms with Gasteiger partial charge in [-0.2, -0.15) is 0 Å². The lowest BCUT2D eigenvalue weighted by atomic mass is 10.1. The molecule has 3 aromatic rings. The predicted octanol–water partition coefficient (Wildman–Crippen LogP) is 3.49. The average molecular weight is 499 g/mol. The molecule has 184 valence electrons. The minimum absolute atomic E-state index is 0.000150. The van der Waals surface area contributed by atoms with Crippen molar-refractivity contribution in [1.82, 2.24) is 14.8 Å². The Hall–Kier alpha value is -3.86. The Balaban J connectivity index is 1.68. The quantitative estimate of drug-likeness (QED) is 0.331. The van der Waals surface area contributed by atoms with Gasteiger partial charge < -0.3 is 24.1 Å². The predicted molar refractivity (Wildman–Crippen MR) is 130 cm³/mol. The zero-order chi connectivity index (χ0) is 25.4. The van der Waals surface area contributed by atoms with Gasteiger partial charge in [0, 0.05) is 6.54 Å². The monoisotopic (exact) mass is 498 g/mol. The first-order valence-corrected chi connectivity index (χ1v) is 11.7. The normalized spacial score (nSPS) is 10.5. The summed E-state index contributed by atoms with van der Waals surface area (Å²) in [5, 5.41) is 11.6. The fourth-order valence-corrected chi connectivity index (χ4v) is 4.03. The molecule has 1 aromatic heterocycles. The van der Waals surface area contributed by atoms with Crippen molar-refractivity contribution in [3.8, 4) is 5.75 Å². The molecule has 0 aliphatic carbocycles. The first-order chi connectivity index (χ1) is 16.9. The maximum absolute atomic E-state index is 12.7. The minimum atomic E-state index is -0.645. The zero-order valence-electron chi connectivity index (χ0n) is 19.9. The number of hydrogen-bond donors (Lipinski definition) is 1. The summed E-state index contributed by atoms with van der Waals surface area (Å²) in [5.41, 5.74) is 1.47. The summed E-state index contributed by atoms with van der Waals surface area (Å²) in [6, 6.07) is 11.9. The molecule has 3 rings (SSSR count). The van der Waals surface area contributed by atoms with Gasteiger partial charge in [0.2, 0.25) is 5.91 Å². The minimum Gasteiger partial charge on any atom is -0.485 e. The van der Waals surface area contributed by atoms with E-state index in [1.54, 1.807) is 0 Å². The summed E-state index contributed by atoms with van der Waals surface area (Å²) in [6.07, 6.45) is 0. The van der Waals surface area contributed by atoms with Crippen molar-refractivity contribution in [2.45, 2.75) is 32.2 Å². The van der Waals surface area contributed by atoms with Gasteiger partial charge in [-0.05, 0) is 43.7 Å². The highest BCUT2D eigenvalue weighted by molar-refractivity contribution is 7.99. The number of hydrogen-bond acceptors (Lipinski definition) is 9. The molecule has 0 bridgehead atoms. The Bertz CT molecular complexity index is 1230. The van der Waals surface area contributed by atoms with Gasteiger partial charge in [-0.25, -0.2) is 9.59 Å². The van der Waals surface area contributed by atoms with Gasteiger partial charge in [-0.3, -0.25) is 4.79 Å². The van der Waals surface area contributed by atoms with Crippen molar-refractivity contribution in [3.63, 3.8) is 0 Å². The summed E-state index contributed by atoms with van der Waals surface area (Å²) >= 11 is 1.19. The highest BCUT2D eigenvalue weighted by atomic mass is 32.2. The number of carbonyl (C=O) groups excluding carboxylic acids is 3. The molecular formula is C24H26N4O6S. The van der Waals surface area contributed by atoms with Crippen molar-refractivity contribution in [2.75, 3.05) is 25.3 Å². The van der Waals surface area contributed by atoms with Crippen molar-refractivity contribution in [2.24, 2.45) is 0 Å². The number of nitrogens with zero attached hydrogens (tertiary/aromatic N) is 3. The third-order valence-electron chi connectivity index (χ3n) is 5.01. The van der Waals surface area contributed by atoms with Crippen molar-refractivity contribution < 1.29 is 28.6 Å². The first kappa shape index (κ1) is 25.8. The number of aryl methyl sites for hydroxylation is 1. The van der Waals surface area contributed by atoms with Crippen LogP contribution in [0.25, 0.3) is 0 Å². The number of rotatable bonds is 10. The number of benzene rings is 2. The Labute approximate surface area is 207 Å². The van der Waals surface area contributed by atoms with Gasteiger partial charge in [0.15, 0.2) is 11.0 Å². The zero-order valence-corrected chi connectivity index (χ0v) is 20.7. The largest absolute Gasteiger partial charge is 0.485 e. The van der Waals surface area contributed by atoms with E-state index < -0.39 is 17.8 Å². The molecule has 0 saturated heterocycles. The number of aromatic nitrogens is 3. The number of esters is 2. The van der Waals surface area contributed by atoms with E-state index in [0.717, 1.165) is 11.3 Å². The Kier molecular flexibility index (Phi) is 8.85.